The molecule has 0 radical (unpaired) electrons. The molecule has 1 aliphatic rings. The Morgan fingerprint density at radius 1 is 1.55 bits per heavy atom. The Labute approximate surface area is 131 Å². The summed E-state index contributed by atoms with van der Waals surface area (Å²) in [5, 5.41) is 2.85. The second-order valence-corrected chi connectivity index (χ2v) is 6.04. The van der Waals surface area contributed by atoms with Gasteiger partial charge in [0.1, 0.15) is 5.69 Å². The highest BCUT2D eigenvalue weighted by Crippen LogP contribution is 2.23. The number of amides is 1. The normalized spacial score (nSPS) is 18.7. The van der Waals surface area contributed by atoms with Crippen LogP contribution in [0.25, 0.3) is 0 Å². The largest absolute Gasteiger partial charge is 0.334 e. The molecule has 0 saturated carbocycles. The summed E-state index contributed by atoms with van der Waals surface area (Å²) >= 11 is 1.54. The minimum Gasteiger partial charge on any atom is -0.334 e. The maximum atomic E-state index is 12.5. The van der Waals surface area contributed by atoms with E-state index in [4.69, 9.17) is 5.73 Å². The van der Waals surface area contributed by atoms with E-state index in [9.17, 15) is 4.79 Å². The molecule has 1 atom stereocenters. The van der Waals surface area contributed by atoms with Gasteiger partial charge >= 0.3 is 0 Å². The molecule has 20 heavy (non-hydrogen) atoms. The van der Waals surface area contributed by atoms with E-state index in [-0.39, 0.29) is 18.3 Å². The molecule has 4 nitrogen and oxygen atoms in total. The first kappa shape index (κ1) is 17.4. The first-order chi connectivity index (χ1) is 9.26. The van der Waals surface area contributed by atoms with Crippen molar-refractivity contribution in [3.63, 3.8) is 0 Å². The first-order valence-electron chi connectivity index (χ1n) is 7.21. The molecular formula is C14H24ClN3OS. The lowest BCUT2D eigenvalue weighted by Gasteiger charge is -2.35. The lowest BCUT2D eigenvalue weighted by molar-refractivity contribution is 0.0595. The number of thiazole rings is 1. The van der Waals surface area contributed by atoms with Crippen LogP contribution >= 0.6 is 23.7 Å². The number of rotatable bonds is 5. The maximum absolute atomic E-state index is 12.5. The molecule has 1 unspecified atom stereocenters. The number of carbonyl (C=O) groups is 1. The molecule has 2 heterocycles. The fourth-order valence-corrected chi connectivity index (χ4v) is 3.48. The van der Waals surface area contributed by atoms with Crippen molar-refractivity contribution in [1.82, 2.24) is 9.88 Å². The molecule has 2 N–H and O–H groups in total. The molecule has 1 aliphatic heterocycles. The zero-order valence-electron chi connectivity index (χ0n) is 12.0. The SMILES string of the molecule is CCCC1CCCCN1C(=O)c1csc(CCN)n1.Cl. The smallest absolute Gasteiger partial charge is 0.273 e. The molecule has 1 amide bonds. The molecule has 1 fully saturated rings. The minimum atomic E-state index is 0. The van der Waals surface area contributed by atoms with Crippen molar-refractivity contribution < 1.29 is 4.79 Å². The summed E-state index contributed by atoms with van der Waals surface area (Å²) in [5.41, 5.74) is 6.13. The van der Waals surface area contributed by atoms with Gasteiger partial charge in [-0.1, -0.05) is 13.3 Å². The highest BCUT2D eigenvalue weighted by molar-refractivity contribution is 7.09. The lowest BCUT2D eigenvalue weighted by Crippen LogP contribution is -2.43. The van der Waals surface area contributed by atoms with E-state index in [1.54, 1.807) is 11.3 Å². The van der Waals surface area contributed by atoms with Crippen molar-refractivity contribution >= 4 is 29.7 Å². The summed E-state index contributed by atoms with van der Waals surface area (Å²) in [4.78, 5) is 19.0. The van der Waals surface area contributed by atoms with E-state index in [1.165, 1.54) is 6.42 Å². The zero-order valence-corrected chi connectivity index (χ0v) is 13.6. The van der Waals surface area contributed by atoms with Gasteiger partial charge in [0.05, 0.1) is 5.01 Å². The Balaban J connectivity index is 0.00000200. The van der Waals surface area contributed by atoms with Crippen LogP contribution in [0.1, 0.15) is 54.5 Å². The fourth-order valence-electron chi connectivity index (χ4n) is 2.70. The molecule has 6 heteroatoms. The summed E-state index contributed by atoms with van der Waals surface area (Å²) in [6, 6.07) is 0.408. The second-order valence-electron chi connectivity index (χ2n) is 5.10. The van der Waals surface area contributed by atoms with Gasteiger partial charge < -0.3 is 10.6 Å². The van der Waals surface area contributed by atoms with Crippen LogP contribution in [0.15, 0.2) is 5.38 Å². The highest BCUT2D eigenvalue weighted by atomic mass is 35.5. The molecule has 0 spiro atoms. The number of piperidine rings is 1. The molecule has 1 saturated heterocycles. The van der Waals surface area contributed by atoms with Gasteiger partial charge in [0.2, 0.25) is 0 Å². The summed E-state index contributed by atoms with van der Waals surface area (Å²) < 4.78 is 0. The zero-order chi connectivity index (χ0) is 13.7. The summed E-state index contributed by atoms with van der Waals surface area (Å²) in [5.74, 6) is 0.109. The van der Waals surface area contributed by atoms with Gasteiger partial charge in [0, 0.05) is 24.4 Å². The predicted octanol–water partition coefficient (Wildman–Crippen LogP) is 2.86. The number of nitrogens with two attached hydrogens (primary N) is 1. The Kier molecular flexibility index (Phi) is 7.48. The van der Waals surface area contributed by atoms with Crippen LogP contribution in [0, 0.1) is 0 Å². The molecule has 0 bridgehead atoms. The van der Waals surface area contributed by atoms with E-state index < -0.39 is 0 Å². The summed E-state index contributed by atoms with van der Waals surface area (Å²) in [6.07, 6.45) is 6.49. The van der Waals surface area contributed by atoms with Crippen molar-refractivity contribution in [2.45, 2.75) is 51.5 Å². The third kappa shape index (κ3) is 4.17. The molecule has 2 rings (SSSR count). The monoisotopic (exact) mass is 317 g/mol. The van der Waals surface area contributed by atoms with Gasteiger partial charge in [-0.15, -0.1) is 23.7 Å². The van der Waals surface area contributed by atoms with Crippen LogP contribution in [0.2, 0.25) is 0 Å². The van der Waals surface area contributed by atoms with Crippen LogP contribution < -0.4 is 5.73 Å². The Hall–Kier alpha value is -0.650. The maximum Gasteiger partial charge on any atom is 0.273 e. The summed E-state index contributed by atoms with van der Waals surface area (Å²) in [6.45, 7) is 3.65. The van der Waals surface area contributed by atoms with E-state index >= 15 is 0 Å². The van der Waals surface area contributed by atoms with Crippen LogP contribution in [-0.4, -0.2) is 34.9 Å². The van der Waals surface area contributed by atoms with Gasteiger partial charge in [0.25, 0.3) is 5.91 Å². The number of likely N-dealkylation sites (tertiary alicyclic amines) is 1. The third-order valence-electron chi connectivity index (χ3n) is 3.64. The van der Waals surface area contributed by atoms with E-state index in [2.05, 4.69) is 11.9 Å². The first-order valence-corrected chi connectivity index (χ1v) is 8.09. The van der Waals surface area contributed by atoms with Crippen LogP contribution in [0.3, 0.4) is 0 Å². The summed E-state index contributed by atoms with van der Waals surface area (Å²) in [7, 11) is 0. The van der Waals surface area contributed by atoms with Crippen molar-refractivity contribution in [2.24, 2.45) is 5.73 Å². The number of hydrogen-bond donors (Lipinski definition) is 1. The highest BCUT2D eigenvalue weighted by Gasteiger charge is 2.27. The number of carbonyl (C=O) groups excluding carboxylic acids is 1. The number of nitrogens with zero attached hydrogens (tertiary/aromatic N) is 2. The Bertz CT molecular complexity index is 422. The van der Waals surface area contributed by atoms with E-state index in [0.717, 1.165) is 43.7 Å². The van der Waals surface area contributed by atoms with Gasteiger partial charge in [-0.25, -0.2) is 4.98 Å². The quantitative estimate of drug-likeness (QED) is 0.908. The molecule has 114 valence electrons. The molecule has 1 aromatic rings. The average Bonchev–Trinajstić information content (AvgIpc) is 2.88. The van der Waals surface area contributed by atoms with Gasteiger partial charge in [-0.05, 0) is 32.2 Å². The van der Waals surface area contributed by atoms with Gasteiger partial charge in [-0.3, -0.25) is 4.79 Å². The molecule has 0 aromatic carbocycles. The van der Waals surface area contributed by atoms with E-state index in [1.807, 2.05) is 10.3 Å². The van der Waals surface area contributed by atoms with Crippen molar-refractivity contribution in [3.05, 3.63) is 16.1 Å². The van der Waals surface area contributed by atoms with Crippen LogP contribution in [0.5, 0.6) is 0 Å². The predicted molar refractivity (Wildman–Crippen MR) is 85.7 cm³/mol. The average molecular weight is 318 g/mol. The molecular weight excluding hydrogens is 294 g/mol. The fraction of sp³-hybridized carbons (Fsp3) is 0.714. The van der Waals surface area contributed by atoms with Crippen LogP contribution in [-0.2, 0) is 6.42 Å². The van der Waals surface area contributed by atoms with Crippen molar-refractivity contribution in [1.29, 1.82) is 0 Å². The van der Waals surface area contributed by atoms with Gasteiger partial charge in [-0.2, -0.15) is 0 Å². The second kappa shape index (κ2) is 8.60. The standard InChI is InChI=1S/C14H23N3OS.ClH/c1-2-5-11-6-3-4-9-17(11)14(18)12-10-19-13(16-12)7-8-15;/h10-11H,2-9,15H2,1H3;1H. The van der Waals surface area contributed by atoms with Crippen LogP contribution in [0.4, 0.5) is 0 Å². The minimum absolute atomic E-state index is 0. The Morgan fingerprint density at radius 3 is 3.05 bits per heavy atom. The lowest BCUT2D eigenvalue weighted by atomic mass is 9.98. The van der Waals surface area contributed by atoms with Crippen molar-refractivity contribution in [3.8, 4) is 0 Å². The third-order valence-corrected chi connectivity index (χ3v) is 4.55. The Morgan fingerprint density at radius 2 is 2.35 bits per heavy atom. The van der Waals surface area contributed by atoms with Gasteiger partial charge in [0.15, 0.2) is 0 Å². The van der Waals surface area contributed by atoms with E-state index in [0.29, 0.717) is 18.3 Å². The molecule has 1 aromatic heterocycles. The molecule has 0 aliphatic carbocycles. The van der Waals surface area contributed by atoms with Crippen molar-refractivity contribution in [2.75, 3.05) is 13.1 Å². The number of aromatic nitrogens is 1. The number of halogens is 1. The number of hydrogen-bond acceptors (Lipinski definition) is 4. The topological polar surface area (TPSA) is 59.2 Å².